The minimum Gasteiger partial charge on any atom is -0.379 e. The molecule has 1 heterocycles. The predicted molar refractivity (Wildman–Crippen MR) is 99.5 cm³/mol. The van der Waals surface area contributed by atoms with Gasteiger partial charge in [-0.05, 0) is 30.5 Å². The van der Waals surface area contributed by atoms with Gasteiger partial charge >= 0.3 is 0 Å². The highest BCUT2D eigenvalue weighted by Crippen LogP contribution is 2.44. The van der Waals surface area contributed by atoms with Crippen molar-refractivity contribution in [2.45, 2.75) is 24.7 Å². The molecule has 0 spiro atoms. The third kappa shape index (κ3) is 4.55. The number of amides is 1. The van der Waals surface area contributed by atoms with Gasteiger partial charge in [0.2, 0.25) is 5.91 Å². The molecule has 0 unspecified atom stereocenters. The first-order valence-corrected chi connectivity index (χ1v) is 8.87. The standard InChI is InChI=1S/C17H22Cl2N2O2.ClH/c18-14-3-2-13(10-15(14)19)17(4-1-5-17)12-20-16(22)11-21-6-8-23-9-7-21;/h2-3,10H,1,4-9,11-12H2,(H,20,22);1H. The van der Waals surface area contributed by atoms with Crippen LogP contribution in [0.1, 0.15) is 24.8 Å². The number of hydrogen-bond donors (Lipinski definition) is 1. The SMILES string of the molecule is Cl.O=C(CN1CCOCC1)NCC1(c2ccc(Cl)c(Cl)c2)CCC1. The average molecular weight is 394 g/mol. The number of rotatable bonds is 5. The Kier molecular flexibility index (Phi) is 7.20. The summed E-state index contributed by atoms with van der Waals surface area (Å²) in [6.07, 6.45) is 3.32. The summed E-state index contributed by atoms with van der Waals surface area (Å²) < 4.78 is 5.30. The van der Waals surface area contributed by atoms with Gasteiger partial charge in [-0.15, -0.1) is 12.4 Å². The number of halogens is 3. The Morgan fingerprint density at radius 1 is 1.21 bits per heavy atom. The Labute approximate surface area is 159 Å². The number of nitrogens with zero attached hydrogens (tertiary/aromatic N) is 1. The van der Waals surface area contributed by atoms with E-state index in [0.29, 0.717) is 36.3 Å². The summed E-state index contributed by atoms with van der Waals surface area (Å²) in [7, 11) is 0. The van der Waals surface area contributed by atoms with E-state index in [2.05, 4.69) is 10.2 Å². The third-order valence-corrected chi connectivity index (χ3v) is 5.68. The molecule has 1 N–H and O–H groups in total. The lowest BCUT2D eigenvalue weighted by Crippen LogP contribution is -2.49. The van der Waals surface area contributed by atoms with E-state index in [1.54, 1.807) is 0 Å². The summed E-state index contributed by atoms with van der Waals surface area (Å²) in [6.45, 7) is 4.17. The second-order valence-electron chi connectivity index (χ2n) is 6.43. The molecule has 0 aromatic heterocycles. The Morgan fingerprint density at radius 3 is 2.50 bits per heavy atom. The molecule has 1 saturated carbocycles. The van der Waals surface area contributed by atoms with Gasteiger partial charge in [-0.3, -0.25) is 9.69 Å². The van der Waals surface area contributed by atoms with Crippen molar-refractivity contribution in [1.82, 2.24) is 10.2 Å². The van der Waals surface area contributed by atoms with Crippen LogP contribution < -0.4 is 5.32 Å². The number of ether oxygens (including phenoxy) is 1. The quantitative estimate of drug-likeness (QED) is 0.834. The van der Waals surface area contributed by atoms with Gasteiger partial charge in [0.1, 0.15) is 0 Å². The smallest absolute Gasteiger partial charge is 0.234 e. The minimum atomic E-state index is 0. The zero-order valence-electron chi connectivity index (χ0n) is 13.5. The maximum atomic E-state index is 12.2. The minimum absolute atomic E-state index is 0. The number of morpholine rings is 1. The molecule has 0 atom stereocenters. The van der Waals surface area contributed by atoms with Crippen LogP contribution in [-0.2, 0) is 14.9 Å². The van der Waals surface area contributed by atoms with Crippen molar-refractivity contribution < 1.29 is 9.53 Å². The van der Waals surface area contributed by atoms with Crippen molar-refractivity contribution in [3.8, 4) is 0 Å². The highest BCUT2D eigenvalue weighted by Gasteiger charge is 2.39. The number of hydrogen-bond acceptors (Lipinski definition) is 3. The zero-order chi connectivity index (χ0) is 16.3. The van der Waals surface area contributed by atoms with E-state index in [-0.39, 0.29) is 23.7 Å². The fourth-order valence-electron chi connectivity index (χ4n) is 3.28. The van der Waals surface area contributed by atoms with Crippen LogP contribution in [0, 0.1) is 0 Å². The van der Waals surface area contributed by atoms with E-state index in [4.69, 9.17) is 27.9 Å². The van der Waals surface area contributed by atoms with Crippen LogP contribution in [-0.4, -0.2) is 50.2 Å². The van der Waals surface area contributed by atoms with E-state index >= 15 is 0 Å². The van der Waals surface area contributed by atoms with E-state index in [1.165, 1.54) is 12.0 Å². The first-order valence-electron chi connectivity index (χ1n) is 8.11. The Morgan fingerprint density at radius 2 is 1.92 bits per heavy atom. The number of carbonyl (C=O) groups excluding carboxylic acids is 1. The lowest BCUT2D eigenvalue weighted by molar-refractivity contribution is -0.123. The van der Waals surface area contributed by atoms with Crippen LogP contribution in [0.3, 0.4) is 0 Å². The molecule has 1 aromatic carbocycles. The average Bonchev–Trinajstić information content (AvgIpc) is 2.50. The molecule has 134 valence electrons. The highest BCUT2D eigenvalue weighted by atomic mass is 35.5. The van der Waals surface area contributed by atoms with Crippen LogP contribution in [0.4, 0.5) is 0 Å². The molecule has 0 bridgehead atoms. The van der Waals surface area contributed by atoms with Crippen molar-refractivity contribution in [3.63, 3.8) is 0 Å². The fraction of sp³-hybridized carbons (Fsp3) is 0.588. The summed E-state index contributed by atoms with van der Waals surface area (Å²) in [6, 6.07) is 5.81. The second-order valence-corrected chi connectivity index (χ2v) is 7.24. The molecule has 1 aromatic rings. The van der Waals surface area contributed by atoms with Crippen molar-refractivity contribution in [1.29, 1.82) is 0 Å². The molecular weight excluding hydrogens is 371 g/mol. The number of benzene rings is 1. The largest absolute Gasteiger partial charge is 0.379 e. The topological polar surface area (TPSA) is 41.6 Å². The Hall–Kier alpha value is -0.520. The number of carbonyl (C=O) groups is 1. The number of nitrogens with one attached hydrogen (secondary N) is 1. The van der Waals surface area contributed by atoms with Crippen LogP contribution in [0.5, 0.6) is 0 Å². The lowest BCUT2D eigenvalue weighted by Gasteiger charge is -2.43. The molecule has 1 aliphatic heterocycles. The lowest BCUT2D eigenvalue weighted by atomic mass is 9.64. The van der Waals surface area contributed by atoms with Crippen LogP contribution in [0.25, 0.3) is 0 Å². The summed E-state index contributed by atoms with van der Waals surface area (Å²) in [4.78, 5) is 14.3. The van der Waals surface area contributed by atoms with Crippen LogP contribution >= 0.6 is 35.6 Å². The fourth-order valence-corrected chi connectivity index (χ4v) is 3.58. The summed E-state index contributed by atoms with van der Waals surface area (Å²) >= 11 is 12.2. The maximum Gasteiger partial charge on any atom is 0.234 e. The Bertz CT molecular complexity index is 573. The van der Waals surface area contributed by atoms with Crippen molar-refractivity contribution in [2.24, 2.45) is 0 Å². The van der Waals surface area contributed by atoms with Gasteiger partial charge in [0.15, 0.2) is 0 Å². The normalized spacial score (nSPS) is 19.9. The molecule has 7 heteroatoms. The van der Waals surface area contributed by atoms with E-state index in [1.807, 2.05) is 18.2 Å². The van der Waals surface area contributed by atoms with Gasteiger partial charge in [-0.2, -0.15) is 0 Å². The molecule has 2 aliphatic rings. The molecule has 1 saturated heterocycles. The van der Waals surface area contributed by atoms with Gasteiger partial charge in [0.05, 0.1) is 29.8 Å². The first kappa shape index (κ1) is 19.8. The van der Waals surface area contributed by atoms with Crippen molar-refractivity contribution >= 4 is 41.5 Å². The highest BCUT2D eigenvalue weighted by molar-refractivity contribution is 6.42. The van der Waals surface area contributed by atoms with Gasteiger partial charge < -0.3 is 10.1 Å². The van der Waals surface area contributed by atoms with Crippen molar-refractivity contribution in [3.05, 3.63) is 33.8 Å². The monoisotopic (exact) mass is 392 g/mol. The predicted octanol–water partition coefficient (Wildman–Crippen LogP) is 3.29. The van der Waals surface area contributed by atoms with Gasteiger partial charge in [-0.25, -0.2) is 0 Å². The van der Waals surface area contributed by atoms with E-state index in [9.17, 15) is 4.79 Å². The molecule has 2 fully saturated rings. The molecule has 0 radical (unpaired) electrons. The summed E-state index contributed by atoms with van der Waals surface area (Å²) in [5.74, 6) is 0.0817. The van der Waals surface area contributed by atoms with Gasteiger partial charge in [0, 0.05) is 25.0 Å². The van der Waals surface area contributed by atoms with Gasteiger partial charge in [-0.1, -0.05) is 35.7 Å². The molecule has 1 aliphatic carbocycles. The molecule has 24 heavy (non-hydrogen) atoms. The van der Waals surface area contributed by atoms with Crippen LogP contribution in [0.2, 0.25) is 10.0 Å². The van der Waals surface area contributed by atoms with Crippen LogP contribution in [0.15, 0.2) is 18.2 Å². The van der Waals surface area contributed by atoms with Gasteiger partial charge in [0.25, 0.3) is 0 Å². The molecule has 1 amide bonds. The second kappa shape index (κ2) is 8.72. The third-order valence-electron chi connectivity index (χ3n) is 4.94. The summed E-state index contributed by atoms with van der Waals surface area (Å²) in [5.41, 5.74) is 1.18. The molecular formula is C17H23Cl3N2O2. The molecule has 4 nitrogen and oxygen atoms in total. The zero-order valence-corrected chi connectivity index (χ0v) is 15.9. The maximum absolute atomic E-state index is 12.2. The van der Waals surface area contributed by atoms with Crippen molar-refractivity contribution in [2.75, 3.05) is 39.4 Å². The Balaban J connectivity index is 0.00000208. The first-order chi connectivity index (χ1) is 11.1. The van der Waals surface area contributed by atoms with E-state index < -0.39 is 0 Å². The molecule has 3 rings (SSSR count). The summed E-state index contributed by atoms with van der Waals surface area (Å²) in [5, 5.41) is 4.26. The van der Waals surface area contributed by atoms with E-state index in [0.717, 1.165) is 25.9 Å².